The van der Waals surface area contributed by atoms with Gasteiger partial charge in [0, 0.05) is 31.7 Å². The van der Waals surface area contributed by atoms with E-state index in [1.165, 1.54) is 0 Å². The summed E-state index contributed by atoms with van der Waals surface area (Å²) in [6.07, 6.45) is 0. The summed E-state index contributed by atoms with van der Waals surface area (Å²) in [4.78, 5) is 2.47. The normalized spacial score (nSPS) is 25.8. The summed E-state index contributed by atoms with van der Waals surface area (Å²) in [5, 5.41) is 3.53. The molecule has 17 heavy (non-hydrogen) atoms. The maximum absolute atomic E-state index is 5.72. The Bertz CT molecular complexity index is 318. The molecular formula is C14H22N2O. The first kappa shape index (κ1) is 12.4. The third-order valence-corrected chi connectivity index (χ3v) is 3.05. The second-order valence-corrected chi connectivity index (χ2v) is 4.89. The van der Waals surface area contributed by atoms with E-state index in [0.29, 0.717) is 12.1 Å². The van der Waals surface area contributed by atoms with Crippen LogP contribution in [-0.4, -0.2) is 43.2 Å². The molecule has 1 aromatic rings. The van der Waals surface area contributed by atoms with Gasteiger partial charge in [0.2, 0.25) is 0 Å². The highest BCUT2D eigenvalue weighted by Gasteiger charge is 2.20. The van der Waals surface area contributed by atoms with Crippen LogP contribution in [0.5, 0.6) is 5.75 Å². The van der Waals surface area contributed by atoms with Crippen molar-refractivity contribution in [3.63, 3.8) is 0 Å². The highest BCUT2D eigenvalue weighted by molar-refractivity contribution is 5.20. The van der Waals surface area contributed by atoms with Crippen LogP contribution >= 0.6 is 0 Å². The predicted molar refractivity (Wildman–Crippen MR) is 70.4 cm³/mol. The minimum absolute atomic E-state index is 0.579. The first-order valence-corrected chi connectivity index (χ1v) is 6.40. The number of para-hydroxylation sites is 1. The van der Waals surface area contributed by atoms with Crippen LogP contribution in [0, 0.1) is 0 Å². The van der Waals surface area contributed by atoms with E-state index >= 15 is 0 Å². The smallest absolute Gasteiger partial charge is 0.119 e. The van der Waals surface area contributed by atoms with Gasteiger partial charge in [0.25, 0.3) is 0 Å². The molecule has 3 nitrogen and oxygen atoms in total. The maximum atomic E-state index is 5.72. The van der Waals surface area contributed by atoms with Crippen molar-refractivity contribution >= 4 is 0 Å². The van der Waals surface area contributed by atoms with Gasteiger partial charge < -0.3 is 10.1 Å². The van der Waals surface area contributed by atoms with Gasteiger partial charge in [-0.15, -0.1) is 0 Å². The molecule has 0 amide bonds. The molecule has 1 aliphatic rings. The lowest BCUT2D eigenvalue weighted by Gasteiger charge is -2.35. The first-order valence-electron chi connectivity index (χ1n) is 6.40. The lowest BCUT2D eigenvalue weighted by molar-refractivity contribution is 0.146. The van der Waals surface area contributed by atoms with Gasteiger partial charge in [0.1, 0.15) is 12.4 Å². The lowest BCUT2D eigenvalue weighted by Crippen LogP contribution is -2.54. The fourth-order valence-corrected chi connectivity index (χ4v) is 2.43. The van der Waals surface area contributed by atoms with Crippen molar-refractivity contribution in [1.82, 2.24) is 10.2 Å². The van der Waals surface area contributed by atoms with E-state index in [2.05, 4.69) is 24.1 Å². The lowest BCUT2D eigenvalue weighted by atomic mass is 10.1. The van der Waals surface area contributed by atoms with Crippen molar-refractivity contribution in [3.8, 4) is 5.75 Å². The van der Waals surface area contributed by atoms with Gasteiger partial charge in [0.15, 0.2) is 0 Å². The monoisotopic (exact) mass is 234 g/mol. The van der Waals surface area contributed by atoms with Gasteiger partial charge in [-0.05, 0) is 26.0 Å². The van der Waals surface area contributed by atoms with E-state index in [0.717, 1.165) is 32.0 Å². The van der Waals surface area contributed by atoms with Crippen molar-refractivity contribution < 1.29 is 4.74 Å². The van der Waals surface area contributed by atoms with Gasteiger partial charge in [0.05, 0.1) is 0 Å². The van der Waals surface area contributed by atoms with Gasteiger partial charge in [-0.2, -0.15) is 0 Å². The fourth-order valence-electron chi connectivity index (χ4n) is 2.43. The second kappa shape index (κ2) is 6.03. The Kier molecular flexibility index (Phi) is 4.40. The summed E-state index contributed by atoms with van der Waals surface area (Å²) in [6, 6.07) is 11.2. The molecule has 0 saturated carbocycles. The van der Waals surface area contributed by atoms with Crippen molar-refractivity contribution in [1.29, 1.82) is 0 Å². The van der Waals surface area contributed by atoms with Crippen LogP contribution in [0.25, 0.3) is 0 Å². The molecule has 1 aromatic carbocycles. The second-order valence-electron chi connectivity index (χ2n) is 4.89. The quantitative estimate of drug-likeness (QED) is 0.859. The van der Waals surface area contributed by atoms with Crippen molar-refractivity contribution in [3.05, 3.63) is 30.3 Å². The van der Waals surface area contributed by atoms with Gasteiger partial charge in [-0.25, -0.2) is 0 Å². The number of nitrogens with zero attached hydrogens (tertiary/aromatic N) is 1. The fraction of sp³-hybridized carbons (Fsp3) is 0.571. The minimum Gasteiger partial charge on any atom is -0.492 e. The molecule has 2 rings (SSSR count). The third-order valence-electron chi connectivity index (χ3n) is 3.05. The van der Waals surface area contributed by atoms with Gasteiger partial charge >= 0.3 is 0 Å². The van der Waals surface area contributed by atoms with Crippen LogP contribution in [0.15, 0.2) is 30.3 Å². The molecule has 3 heteroatoms. The molecule has 0 radical (unpaired) electrons. The Balaban J connectivity index is 1.71. The molecule has 1 N–H and O–H groups in total. The predicted octanol–water partition coefficient (Wildman–Crippen LogP) is 1.75. The largest absolute Gasteiger partial charge is 0.492 e. The molecule has 1 heterocycles. The molecule has 1 fully saturated rings. The molecule has 0 spiro atoms. The SMILES string of the molecule is CC1CN(CCOc2ccccc2)CC(C)N1. The topological polar surface area (TPSA) is 24.5 Å². The zero-order valence-corrected chi connectivity index (χ0v) is 10.7. The zero-order chi connectivity index (χ0) is 12.1. The van der Waals surface area contributed by atoms with E-state index in [1.807, 2.05) is 30.3 Å². The summed E-state index contributed by atoms with van der Waals surface area (Å²) < 4.78 is 5.72. The number of nitrogens with one attached hydrogen (secondary N) is 1. The number of benzene rings is 1. The Hall–Kier alpha value is -1.06. The highest BCUT2D eigenvalue weighted by Crippen LogP contribution is 2.09. The van der Waals surface area contributed by atoms with E-state index in [-0.39, 0.29) is 0 Å². The van der Waals surface area contributed by atoms with Crippen LogP contribution in [-0.2, 0) is 0 Å². The molecular weight excluding hydrogens is 212 g/mol. The standard InChI is InChI=1S/C14H22N2O/c1-12-10-16(11-13(2)15-12)8-9-17-14-6-4-3-5-7-14/h3-7,12-13,15H,8-11H2,1-2H3. The van der Waals surface area contributed by atoms with Crippen LogP contribution in [0.4, 0.5) is 0 Å². The Morgan fingerprint density at radius 2 is 1.82 bits per heavy atom. The van der Waals surface area contributed by atoms with Crippen LogP contribution in [0.1, 0.15) is 13.8 Å². The summed E-state index contributed by atoms with van der Waals surface area (Å²) in [7, 11) is 0. The molecule has 2 unspecified atom stereocenters. The number of hydrogen-bond acceptors (Lipinski definition) is 3. The molecule has 0 aromatic heterocycles. The van der Waals surface area contributed by atoms with E-state index in [9.17, 15) is 0 Å². The molecule has 94 valence electrons. The van der Waals surface area contributed by atoms with Crippen molar-refractivity contribution in [2.24, 2.45) is 0 Å². The Morgan fingerprint density at radius 1 is 1.18 bits per heavy atom. The third kappa shape index (κ3) is 4.02. The van der Waals surface area contributed by atoms with E-state index in [1.54, 1.807) is 0 Å². The number of hydrogen-bond donors (Lipinski definition) is 1. The average molecular weight is 234 g/mol. The summed E-state index contributed by atoms with van der Waals surface area (Å²) in [5.41, 5.74) is 0. The van der Waals surface area contributed by atoms with Crippen LogP contribution in [0.3, 0.4) is 0 Å². The van der Waals surface area contributed by atoms with Gasteiger partial charge in [-0.3, -0.25) is 4.90 Å². The number of ether oxygens (including phenoxy) is 1. The first-order chi connectivity index (χ1) is 8.24. The number of rotatable bonds is 4. The van der Waals surface area contributed by atoms with Crippen molar-refractivity contribution in [2.45, 2.75) is 25.9 Å². The van der Waals surface area contributed by atoms with Crippen molar-refractivity contribution in [2.75, 3.05) is 26.2 Å². The van der Waals surface area contributed by atoms with Crippen LogP contribution < -0.4 is 10.1 Å². The summed E-state index contributed by atoms with van der Waals surface area (Å²) in [6.45, 7) is 8.47. The Labute approximate surface area is 104 Å². The summed E-state index contributed by atoms with van der Waals surface area (Å²) >= 11 is 0. The van der Waals surface area contributed by atoms with Gasteiger partial charge in [-0.1, -0.05) is 18.2 Å². The maximum Gasteiger partial charge on any atom is 0.119 e. The summed E-state index contributed by atoms with van der Waals surface area (Å²) in [5.74, 6) is 0.962. The molecule has 1 saturated heterocycles. The van der Waals surface area contributed by atoms with Crippen LogP contribution in [0.2, 0.25) is 0 Å². The number of piperazine rings is 1. The average Bonchev–Trinajstić information content (AvgIpc) is 2.29. The molecule has 2 atom stereocenters. The molecule has 1 aliphatic heterocycles. The van der Waals surface area contributed by atoms with E-state index < -0.39 is 0 Å². The van der Waals surface area contributed by atoms with E-state index in [4.69, 9.17) is 4.74 Å². The highest BCUT2D eigenvalue weighted by atomic mass is 16.5. The molecule has 0 bridgehead atoms. The Morgan fingerprint density at radius 3 is 2.47 bits per heavy atom. The minimum atomic E-state index is 0.579. The zero-order valence-electron chi connectivity index (χ0n) is 10.7. The molecule has 0 aliphatic carbocycles.